The van der Waals surface area contributed by atoms with E-state index in [0.717, 1.165) is 12.1 Å². The second kappa shape index (κ2) is 3.14. The van der Waals surface area contributed by atoms with E-state index in [9.17, 15) is 0 Å². The van der Waals surface area contributed by atoms with Gasteiger partial charge in [0.15, 0.2) is 0 Å². The van der Waals surface area contributed by atoms with Crippen molar-refractivity contribution in [2.75, 3.05) is 0 Å². The summed E-state index contributed by atoms with van der Waals surface area (Å²) in [5.41, 5.74) is 2.22. The van der Waals surface area contributed by atoms with E-state index in [1.807, 2.05) is 13.8 Å². The Morgan fingerprint density at radius 2 is 2.12 bits per heavy atom. The van der Waals surface area contributed by atoms with Gasteiger partial charge in [0.2, 0.25) is 0 Å². The molecule has 0 unspecified atom stereocenters. The largest absolute Gasteiger partial charge is 0.468 e. The van der Waals surface area contributed by atoms with Crippen LogP contribution in [-0.2, 0) is 19.5 Å². The third-order valence-electron chi connectivity index (χ3n) is 0.959. The van der Waals surface area contributed by atoms with Gasteiger partial charge in [-0.15, -0.1) is 12.1 Å². The number of rotatable bonds is 0. The van der Waals surface area contributed by atoms with Gasteiger partial charge in [0.25, 0.3) is 0 Å². The maximum absolute atomic E-state index is 4.11. The molecule has 0 bridgehead atoms. The van der Waals surface area contributed by atoms with Gasteiger partial charge in [0.05, 0.1) is 0 Å². The van der Waals surface area contributed by atoms with Crippen molar-refractivity contribution < 1.29 is 19.5 Å². The van der Waals surface area contributed by atoms with E-state index in [0.29, 0.717) is 0 Å². The van der Waals surface area contributed by atoms with Crippen LogP contribution in [0.1, 0.15) is 20.3 Å². The molecule has 1 heterocycles. The zero-order valence-corrected chi connectivity index (χ0v) is 6.63. The number of hydrogen-bond donors (Lipinski definition) is 0. The zero-order valence-electron chi connectivity index (χ0n) is 4.99. The van der Waals surface area contributed by atoms with Gasteiger partial charge in [0, 0.05) is 19.5 Å². The van der Waals surface area contributed by atoms with Gasteiger partial charge in [0.1, 0.15) is 0 Å². The molecule has 0 aliphatic carbocycles. The average molecular weight is 197 g/mol. The van der Waals surface area contributed by atoms with Crippen molar-refractivity contribution in [3.05, 3.63) is 11.8 Å². The Labute approximate surface area is 62.6 Å². The molecule has 1 rings (SSSR count). The molecule has 0 atom stereocenters. The smallest absolute Gasteiger partial charge is 0 e. The van der Waals surface area contributed by atoms with Crippen molar-refractivity contribution in [1.82, 2.24) is 0 Å². The Morgan fingerprint density at radius 3 is 2.25 bits per heavy atom. The Morgan fingerprint density at radius 1 is 1.50 bits per heavy atom. The van der Waals surface area contributed by atoms with Crippen LogP contribution in [0.3, 0.4) is 0 Å². The third kappa shape index (κ3) is 1.87. The topological polar surface area (TPSA) is 12.4 Å². The summed E-state index contributed by atoms with van der Waals surface area (Å²) in [6.45, 7) is 3.99. The minimum absolute atomic E-state index is 0. The molecular weight excluding hydrogens is 189 g/mol. The molecule has 1 aliphatic heterocycles. The standard InChI is InChI=1S/C6H8N.Rh/c1-5-3-4-6(2)7-5;/h3H2,1-2H3;/q-1;. The summed E-state index contributed by atoms with van der Waals surface area (Å²) < 4.78 is 0. The average Bonchev–Trinajstić information content (AvgIpc) is 1.87. The quantitative estimate of drug-likeness (QED) is 0.412. The van der Waals surface area contributed by atoms with Gasteiger partial charge >= 0.3 is 0 Å². The first-order chi connectivity index (χ1) is 3.29. The first-order valence-electron chi connectivity index (χ1n) is 2.40. The fourth-order valence-corrected chi connectivity index (χ4v) is 0.621. The van der Waals surface area contributed by atoms with Crippen molar-refractivity contribution in [1.29, 1.82) is 0 Å². The Kier molecular flexibility index (Phi) is 3.15. The van der Waals surface area contributed by atoms with Crippen molar-refractivity contribution in [2.24, 2.45) is 4.99 Å². The van der Waals surface area contributed by atoms with E-state index >= 15 is 0 Å². The summed E-state index contributed by atoms with van der Waals surface area (Å²) in [4.78, 5) is 4.11. The van der Waals surface area contributed by atoms with Crippen LogP contribution in [0.15, 0.2) is 10.7 Å². The molecule has 0 spiro atoms. The number of nitrogens with zero attached hydrogens (tertiary/aromatic N) is 1. The summed E-state index contributed by atoms with van der Waals surface area (Å²) in [6, 6.07) is 0. The Hall–Kier alpha value is 0.0334. The van der Waals surface area contributed by atoms with E-state index in [1.54, 1.807) is 0 Å². The van der Waals surface area contributed by atoms with Gasteiger partial charge in [-0.25, -0.2) is 0 Å². The second-order valence-electron chi connectivity index (χ2n) is 1.79. The Balaban J connectivity index is 0.000000490. The molecule has 47 valence electrons. The molecule has 0 fully saturated rings. The maximum Gasteiger partial charge on any atom is 0 e. The predicted octanol–water partition coefficient (Wildman–Crippen LogP) is 1.56. The molecule has 2 heteroatoms. The molecule has 1 nitrogen and oxygen atoms in total. The molecule has 0 saturated heterocycles. The minimum atomic E-state index is 0. The predicted molar refractivity (Wildman–Crippen MR) is 30.2 cm³/mol. The van der Waals surface area contributed by atoms with E-state index in [-0.39, 0.29) is 19.5 Å². The van der Waals surface area contributed by atoms with Crippen molar-refractivity contribution in [3.8, 4) is 0 Å². The maximum atomic E-state index is 4.11. The fourth-order valence-electron chi connectivity index (χ4n) is 0.621. The van der Waals surface area contributed by atoms with Crippen molar-refractivity contribution in [3.63, 3.8) is 0 Å². The monoisotopic (exact) mass is 197 g/mol. The summed E-state index contributed by atoms with van der Waals surface area (Å²) in [5.74, 6) is 0. The summed E-state index contributed by atoms with van der Waals surface area (Å²) in [7, 11) is 0. The van der Waals surface area contributed by atoms with Crippen LogP contribution in [-0.4, -0.2) is 5.71 Å². The van der Waals surface area contributed by atoms with Crippen molar-refractivity contribution in [2.45, 2.75) is 20.3 Å². The molecule has 0 aromatic carbocycles. The van der Waals surface area contributed by atoms with Gasteiger partial charge in [-0.1, -0.05) is 6.92 Å². The number of aliphatic imine (C=N–C) groups is 1. The Bertz CT molecular complexity index is 135. The van der Waals surface area contributed by atoms with Crippen molar-refractivity contribution >= 4 is 5.71 Å². The molecule has 0 saturated carbocycles. The third-order valence-corrected chi connectivity index (χ3v) is 0.959. The number of allylic oxidation sites excluding steroid dienone is 2. The summed E-state index contributed by atoms with van der Waals surface area (Å²) in [6.07, 6.45) is 4.02. The molecule has 0 aromatic heterocycles. The van der Waals surface area contributed by atoms with Crippen LogP contribution in [0.4, 0.5) is 0 Å². The van der Waals surface area contributed by atoms with Gasteiger partial charge in [-0.05, 0) is 12.6 Å². The SMILES string of the molecule is CC1=[C-]CC(C)=N1.[Rh]. The molecular formula is C6H8NRh-. The zero-order chi connectivity index (χ0) is 5.28. The molecule has 1 aliphatic rings. The van der Waals surface area contributed by atoms with Gasteiger partial charge < -0.3 is 11.1 Å². The fraction of sp³-hybridized carbons (Fsp3) is 0.500. The summed E-state index contributed by atoms with van der Waals surface area (Å²) >= 11 is 0. The van der Waals surface area contributed by atoms with E-state index in [1.165, 1.54) is 5.71 Å². The van der Waals surface area contributed by atoms with Crippen LogP contribution >= 0.6 is 0 Å². The first kappa shape index (κ1) is 8.03. The molecule has 0 aromatic rings. The van der Waals surface area contributed by atoms with E-state index < -0.39 is 0 Å². The van der Waals surface area contributed by atoms with Gasteiger partial charge in [-0.2, -0.15) is 0 Å². The van der Waals surface area contributed by atoms with E-state index in [4.69, 9.17) is 0 Å². The number of hydrogen-bond acceptors (Lipinski definition) is 1. The minimum Gasteiger partial charge on any atom is -0.468 e. The van der Waals surface area contributed by atoms with E-state index in [2.05, 4.69) is 11.1 Å². The van der Waals surface area contributed by atoms with Crippen LogP contribution < -0.4 is 0 Å². The van der Waals surface area contributed by atoms with Crippen LogP contribution in [0, 0.1) is 6.08 Å². The molecule has 1 radical (unpaired) electrons. The van der Waals surface area contributed by atoms with Crippen LogP contribution in [0.25, 0.3) is 0 Å². The normalized spacial score (nSPS) is 16.8. The summed E-state index contributed by atoms with van der Waals surface area (Å²) in [5, 5.41) is 0. The second-order valence-corrected chi connectivity index (χ2v) is 1.79. The first-order valence-corrected chi connectivity index (χ1v) is 2.40. The molecule has 8 heavy (non-hydrogen) atoms. The van der Waals surface area contributed by atoms with Gasteiger partial charge in [-0.3, -0.25) is 0 Å². The van der Waals surface area contributed by atoms with Crippen LogP contribution in [0.2, 0.25) is 0 Å². The molecule has 0 amide bonds. The van der Waals surface area contributed by atoms with Crippen LogP contribution in [0.5, 0.6) is 0 Å². The molecule has 0 N–H and O–H groups in total.